The smallest absolute Gasteiger partial charge is 0.250 e. The third-order valence-electron chi connectivity index (χ3n) is 4.61. The number of benzene rings is 1. The minimum atomic E-state index is -0.922. The van der Waals surface area contributed by atoms with Crippen molar-refractivity contribution < 1.29 is 14.3 Å². The molecule has 24 heavy (non-hydrogen) atoms. The zero-order chi connectivity index (χ0) is 17.5. The van der Waals surface area contributed by atoms with Gasteiger partial charge in [0.1, 0.15) is 5.54 Å². The summed E-state index contributed by atoms with van der Waals surface area (Å²) >= 11 is 0. The lowest BCUT2D eigenvalue weighted by atomic mass is 9.96. The average molecular weight is 331 g/mol. The quantitative estimate of drug-likeness (QED) is 0.898. The summed E-state index contributed by atoms with van der Waals surface area (Å²) in [4.78, 5) is 29.3. The molecule has 0 unspecified atom stereocenters. The Balaban J connectivity index is 1.86. The molecule has 1 aromatic rings. The number of amides is 2. The van der Waals surface area contributed by atoms with E-state index < -0.39 is 5.54 Å². The fourth-order valence-electron chi connectivity index (χ4n) is 3.57. The molecule has 0 spiro atoms. The molecule has 2 heterocycles. The van der Waals surface area contributed by atoms with E-state index in [0.717, 1.165) is 18.8 Å². The SMILES string of the molecule is C[C@@H]1CN(CC(=O)N2c3ccccc3NC(=O)C2(C)C)C[C@@H](C)O1. The summed E-state index contributed by atoms with van der Waals surface area (Å²) in [5.41, 5.74) is 0.509. The first-order chi connectivity index (χ1) is 11.3. The van der Waals surface area contributed by atoms with Crippen molar-refractivity contribution in [3.63, 3.8) is 0 Å². The molecule has 0 aromatic heterocycles. The van der Waals surface area contributed by atoms with Gasteiger partial charge in [0.05, 0.1) is 30.1 Å². The first kappa shape index (κ1) is 16.9. The Morgan fingerprint density at radius 3 is 2.54 bits per heavy atom. The molecule has 130 valence electrons. The van der Waals surface area contributed by atoms with Crippen LogP contribution in [-0.2, 0) is 14.3 Å². The van der Waals surface area contributed by atoms with E-state index >= 15 is 0 Å². The second-order valence-corrected chi connectivity index (χ2v) is 7.21. The molecule has 2 amide bonds. The molecule has 0 bridgehead atoms. The van der Waals surface area contributed by atoms with Gasteiger partial charge >= 0.3 is 0 Å². The van der Waals surface area contributed by atoms with E-state index in [2.05, 4.69) is 10.2 Å². The number of hydrogen-bond donors (Lipinski definition) is 1. The first-order valence-electron chi connectivity index (χ1n) is 8.40. The predicted octanol–water partition coefficient (Wildman–Crippen LogP) is 1.86. The standard InChI is InChI=1S/C18H25N3O3/c1-12-9-20(10-13(2)24-12)11-16(22)21-15-8-6-5-7-14(15)19-17(23)18(21,3)4/h5-8,12-13H,9-11H2,1-4H3,(H,19,23)/t12-,13-/m1/s1. The number of nitrogens with one attached hydrogen (secondary N) is 1. The van der Waals surface area contributed by atoms with Crippen LogP contribution in [0.5, 0.6) is 0 Å². The molecule has 2 aliphatic heterocycles. The Morgan fingerprint density at radius 1 is 1.25 bits per heavy atom. The van der Waals surface area contributed by atoms with Crippen LogP contribution >= 0.6 is 0 Å². The van der Waals surface area contributed by atoms with Crippen molar-refractivity contribution in [3.8, 4) is 0 Å². The molecular weight excluding hydrogens is 306 g/mol. The van der Waals surface area contributed by atoms with Gasteiger partial charge in [0, 0.05) is 13.1 Å². The maximum absolute atomic E-state index is 13.1. The van der Waals surface area contributed by atoms with Crippen LogP contribution in [0.1, 0.15) is 27.7 Å². The summed E-state index contributed by atoms with van der Waals surface area (Å²) in [6, 6.07) is 7.43. The molecule has 2 aliphatic rings. The van der Waals surface area contributed by atoms with E-state index in [0.29, 0.717) is 5.69 Å². The molecular formula is C18H25N3O3. The average Bonchev–Trinajstić information content (AvgIpc) is 2.46. The highest BCUT2D eigenvalue weighted by atomic mass is 16.5. The Bertz CT molecular complexity index is 649. The summed E-state index contributed by atoms with van der Waals surface area (Å²) in [6.07, 6.45) is 0.206. The number of carbonyl (C=O) groups excluding carboxylic acids is 2. The van der Waals surface area contributed by atoms with Crippen molar-refractivity contribution in [1.82, 2.24) is 4.90 Å². The summed E-state index contributed by atoms with van der Waals surface area (Å²) in [7, 11) is 0. The number of fused-ring (bicyclic) bond motifs is 1. The molecule has 1 fully saturated rings. The van der Waals surface area contributed by atoms with E-state index in [-0.39, 0.29) is 30.6 Å². The number of carbonyl (C=O) groups is 2. The van der Waals surface area contributed by atoms with Crippen LogP contribution in [0.3, 0.4) is 0 Å². The number of anilines is 2. The van der Waals surface area contributed by atoms with Gasteiger partial charge in [-0.1, -0.05) is 12.1 Å². The van der Waals surface area contributed by atoms with E-state index in [1.54, 1.807) is 18.7 Å². The molecule has 0 aliphatic carbocycles. The molecule has 2 atom stereocenters. The lowest BCUT2D eigenvalue weighted by Crippen LogP contribution is -2.61. The Hall–Kier alpha value is -1.92. The molecule has 1 saturated heterocycles. The van der Waals surface area contributed by atoms with Crippen molar-refractivity contribution in [2.24, 2.45) is 0 Å². The second kappa shape index (κ2) is 6.18. The van der Waals surface area contributed by atoms with Crippen molar-refractivity contribution >= 4 is 23.2 Å². The maximum atomic E-state index is 13.1. The van der Waals surface area contributed by atoms with Crippen LogP contribution in [0.25, 0.3) is 0 Å². The Kier molecular flexibility index (Phi) is 4.36. The zero-order valence-corrected chi connectivity index (χ0v) is 14.7. The van der Waals surface area contributed by atoms with Crippen LogP contribution in [-0.4, -0.2) is 54.1 Å². The first-order valence-corrected chi connectivity index (χ1v) is 8.40. The van der Waals surface area contributed by atoms with E-state index in [1.165, 1.54) is 0 Å². The second-order valence-electron chi connectivity index (χ2n) is 7.21. The number of para-hydroxylation sites is 2. The van der Waals surface area contributed by atoms with Gasteiger partial charge in [-0.05, 0) is 39.8 Å². The number of nitrogens with zero attached hydrogens (tertiary/aromatic N) is 2. The highest BCUT2D eigenvalue weighted by Gasteiger charge is 2.43. The topological polar surface area (TPSA) is 61.9 Å². The molecule has 0 radical (unpaired) electrons. The van der Waals surface area contributed by atoms with Gasteiger partial charge in [0.15, 0.2) is 0 Å². The number of morpholine rings is 1. The van der Waals surface area contributed by atoms with Crippen LogP contribution in [0, 0.1) is 0 Å². The molecule has 0 saturated carbocycles. The monoisotopic (exact) mass is 331 g/mol. The maximum Gasteiger partial charge on any atom is 0.250 e. The Labute approximate surface area is 142 Å². The van der Waals surface area contributed by atoms with Gasteiger partial charge in [-0.3, -0.25) is 19.4 Å². The van der Waals surface area contributed by atoms with Gasteiger partial charge in [0.2, 0.25) is 11.8 Å². The molecule has 3 rings (SSSR count). The van der Waals surface area contributed by atoms with Gasteiger partial charge in [0.25, 0.3) is 0 Å². The molecule has 6 heteroatoms. The number of hydrogen-bond acceptors (Lipinski definition) is 4. The summed E-state index contributed by atoms with van der Waals surface area (Å²) < 4.78 is 5.73. The van der Waals surface area contributed by atoms with Crippen molar-refractivity contribution in [2.75, 3.05) is 29.9 Å². The Morgan fingerprint density at radius 2 is 1.88 bits per heavy atom. The van der Waals surface area contributed by atoms with Crippen LogP contribution in [0.15, 0.2) is 24.3 Å². The third kappa shape index (κ3) is 3.03. The summed E-state index contributed by atoms with van der Waals surface area (Å²) in [5, 5.41) is 2.89. The van der Waals surface area contributed by atoms with Gasteiger partial charge in [-0.15, -0.1) is 0 Å². The summed E-state index contributed by atoms with van der Waals surface area (Å²) in [5.74, 6) is -0.234. The van der Waals surface area contributed by atoms with Crippen molar-refractivity contribution in [3.05, 3.63) is 24.3 Å². The lowest BCUT2D eigenvalue weighted by Gasteiger charge is -2.43. The lowest BCUT2D eigenvalue weighted by molar-refractivity contribution is -0.129. The number of rotatable bonds is 2. The molecule has 1 aromatic carbocycles. The highest BCUT2D eigenvalue weighted by Crippen LogP contribution is 2.36. The minimum Gasteiger partial charge on any atom is -0.373 e. The summed E-state index contributed by atoms with van der Waals surface area (Å²) in [6.45, 7) is 9.31. The fraction of sp³-hybridized carbons (Fsp3) is 0.556. The van der Waals surface area contributed by atoms with Crippen molar-refractivity contribution in [2.45, 2.75) is 45.4 Å². The van der Waals surface area contributed by atoms with Gasteiger partial charge in [-0.2, -0.15) is 0 Å². The zero-order valence-electron chi connectivity index (χ0n) is 14.7. The van der Waals surface area contributed by atoms with Crippen LogP contribution < -0.4 is 10.2 Å². The van der Waals surface area contributed by atoms with Crippen molar-refractivity contribution in [1.29, 1.82) is 0 Å². The van der Waals surface area contributed by atoms with Gasteiger partial charge < -0.3 is 10.1 Å². The third-order valence-corrected chi connectivity index (χ3v) is 4.61. The van der Waals surface area contributed by atoms with E-state index in [9.17, 15) is 9.59 Å². The number of ether oxygens (including phenoxy) is 1. The van der Waals surface area contributed by atoms with E-state index in [1.807, 2.05) is 38.1 Å². The molecule has 6 nitrogen and oxygen atoms in total. The highest BCUT2D eigenvalue weighted by molar-refractivity contribution is 6.14. The normalized spacial score (nSPS) is 26.7. The minimum absolute atomic E-state index is 0.0661. The van der Waals surface area contributed by atoms with Crippen LogP contribution in [0.2, 0.25) is 0 Å². The van der Waals surface area contributed by atoms with E-state index in [4.69, 9.17) is 4.74 Å². The predicted molar refractivity (Wildman–Crippen MR) is 93.1 cm³/mol. The fourth-order valence-corrected chi connectivity index (χ4v) is 3.57. The van der Waals surface area contributed by atoms with Crippen LogP contribution in [0.4, 0.5) is 11.4 Å². The molecule has 1 N–H and O–H groups in total. The van der Waals surface area contributed by atoms with Gasteiger partial charge in [-0.25, -0.2) is 0 Å². The largest absolute Gasteiger partial charge is 0.373 e.